The average molecular weight is 433 g/mol. The van der Waals surface area contributed by atoms with E-state index in [2.05, 4.69) is 10.3 Å². The standard InChI is InChI=1S/C16H23N3O9S/c1-15(2,3)26-10(20)9(28-19(13(22)23)14(24)25)8-7-29-11(17-8)18-12(21)27-16(4,5)6/h7,9H,1-6H3,(H,22,23)(H,24,25)(H,17,18,21). The first-order valence-corrected chi connectivity index (χ1v) is 9.08. The van der Waals surface area contributed by atoms with Gasteiger partial charge in [-0.15, -0.1) is 11.3 Å². The summed E-state index contributed by atoms with van der Waals surface area (Å²) in [7, 11) is 0. The summed E-state index contributed by atoms with van der Waals surface area (Å²) < 4.78 is 10.2. The third-order valence-corrected chi connectivity index (χ3v) is 3.35. The van der Waals surface area contributed by atoms with Crippen LogP contribution in [-0.2, 0) is 19.1 Å². The molecule has 29 heavy (non-hydrogen) atoms. The molecule has 0 spiro atoms. The van der Waals surface area contributed by atoms with Crippen molar-refractivity contribution in [1.82, 2.24) is 10.0 Å². The van der Waals surface area contributed by atoms with Gasteiger partial charge in [-0.05, 0) is 41.5 Å². The topological polar surface area (TPSA) is 165 Å². The van der Waals surface area contributed by atoms with Gasteiger partial charge in [0.05, 0.1) is 5.69 Å². The van der Waals surface area contributed by atoms with Crippen LogP contribution in [0.3, 0.4) is 0 Å². The maximum atomic E-state index is 12.5. The van der Waals surface area contributed by atoms with E-state index in [9.17, 15) is 19.2 Å². The Kier molecular flexibility index (Phi) is 7.52. The number of ether oxygens (including phenoxy) is 2. The number of carbonyl (C=O) groups is 4. The fourth-order valence-corrected chi connectivity index (χ4v) is 2.41. The molecule has 0 bridgehead atoms. The molecular formula is C16H23N3O9S. The summed E-state index contributed by atoms with van der Waals surface area (Å²) in [5.41, 5.74) is -1.89. The van der Waals surface area contributed by atoms with Crippen molar-refractivity contribution in [2.75, 3.05) is 5.32 Å². The number of amides is 3. The number of carboxylic acid groups (broad SMARTS) is 2. The molecule has 1 heterocycles. The molecule has 0 aromatic carbocycles. The number of anilines is 1. The molecule has 1 aromatic heterocycles. The Hall–Kier alpha value is -2.93. The first-order valence-electron chi connectivity index (χ1n) is 8.20. The molecule has 0 aliphatic rings. The molecule has 3 N–H and O–H groups in total. The highest BCUT2D eigenvalue weighted by atomic mass is 32.1. The second-order valence-corrected chi connectivity index (χ2v) is 8.44. The van der Waals surface area contributed by atoms with Crippen molar-refractivity contribution in [1.29, 1.82) is 0 Å². The van der Waals surface area contributed by atoms with Crippen molar-refractivity contribution >= 4 is 40.7 Å². The number of hydrogen-bond donors (Lipinski definition) is 3. The van der Waals surface area contributed by atoms with E-state index < -0.39 is 46.6 Å². The molecule has 0 fully saturated rings. The summed E-state index contributed by atoms with van der Waals surface area (Å²) in [6.07, 6.45) is -6.54. The SMILES string of the molecule is CC(C)(C)OC(=O)Nc1nc(C(ON(C(=O)O)C(=O)O)C(=O)OC(C)(C)C)cs1. The second kappa shape index (κ2) is 9.05. The molecule has 13 heteroatoms. The van der Waals surface area contributed by atoms with Crippen molar-refractivity contribution in [2.45, 2.75) is 58.8 Å². The van der Waals surface area contributed by atoms with E-state index in [1.54, 1.807) is 41.5 Å². The molecule has 3 amide bonds. The van der Waals surface area contributed by atoms with Crippen LogP contribution in [0.1, 0.15) is 53.3 Å². The Labute approximate surface area is 170 Å². The van der Waals surface area contributed by atoms with Gasteiger partial charge in [0.2, 0.25) is 6.10 Å². The lowest BCUT2D eigenvalue weighted by atomic mass is 10.2. The van der Waals surface area contributed by atoms with Gasteiger partial charge in [0.25, 0.3) is 0 Å². The lowest BCUT2D eigenvalue weighted by Gasteiger charge is -2.24. The third kappa shape index (κ3) is 8.31. The van der Waals surface area contributed by atoms with Crippen LogP contribution in [0, 0.1) is 0 Å². The van der Waals surface area contributed by atoms with E-state index >= 15 is 0 Å². The van der Waals surface area contributed by atoms with Crippen LogP contribution in [0.4, 0.5) is 19.5 Å². The van der Waals surface area contributed by atoms with Gasteiger partial charge in [0.15, 0.2) is 5.13 Å². The molecule has 0 saturated heterocycles. The number of esters is 1. The number of nitrogens with zero attached hydrogens (tertiary/aromatic N) is 2. The van der Waals surface area contributed by atoms with E-state index in [4.69, 9.17) is 24.5 Å². The smallest absolute Gasteiger partial charge is 0.441 e. The zero-order chi connectivity index (χ0) is 22.6. The summed E-state index contributed by atoms with van der Waals surface area (Å²) in [6, 6.07) is 0. The average Bonchev–Trinajstić information content (AvgIpc) is 2.90. The Balaban J connectivity index is 3.11. The first-order chi connectivity index (χ1) is 13.1. The summed E-state index contributed by atoms with van der Waals surface area (Å²) >= 11 is 0.887. The van der Waals surface area contributed by atoms with Gasteiger partial charge in [0.1, 0.15) is 11.2 Å². The largest absolute Gasteiger partial charge is 0.463 e. The Bertz CT molecular complexity index is 765. The van der Waals surface area contributed by atoms with Crippen LogP contribution in [0.5, 0.6) is 0 Å². The minimum absolute atomic E-state index is 0.0172. The fraction of sp³-hybridized carbons (Fsp3) is 0.562. The summed E-state index contributed by atoms with van der Waals surface area (Å²) in [6.45, 7) is 9.68. The second-order valence-electron chi connectivity index (χ2n) is 7.58. The zero-order valence-corrected chi connectivity index (χ0v) is 17.5. The Morgan fingerprint density at radius 3 is 2.00 bits per heavy atom. The predicted octanol–water partition coefficient (Wildman–Crippen LogP) is 3.46. The highest BCUT2D eigenvalue weighted by Crippen LogP contribution is 2.27. The maximum absolute atomic E-state index is 12.5. The van der Waals surface area contributed by atoms with E-state index in [1.807, 2.05) is 0 Å². The van der Waals surface area contributed by atoms with Gasteiger partial charge in [-0.3, -0.25) is 5.32 Å². The number of rotatable bonds is 5. The van der Waals surface area contributed by atoms with Crippen LogP contribution in [0.2, 0.25) is 0 Å². The normalized spacial score (nSPS) is 12.6. The Morgan fingerprint density at radius 2 is 1.55 bits per heavy atom. The van der Waals surface area contributed by atoms with Gasteiger partial charge < -0.3 is 19.7 Å². The number of nitrogens with one attached hydrogen (secondary N) is 1. The molecule has 1 unspecified atom stereocenters. The maximum Gasteiger partial charge on any atom is 0.441 e. The van der Waals surface area contributed by atoms with Crippen LogP contribution >= 0.6 is 11.3 Å². The van der Waals surface area contributed by atoms with Crippen LogP contribution in [0.25, 0.3) is 0 Å². The Morgan fingerprint density at radius 1 is 1.03 bits per heavy atom. The van der Waals surface area contributed by atoms with E-state index in [1.165, 1.54) is 5.38 Å². The van der Waals surface area contributed by atoms with Gasteiger partial charge in [-0.2, -0.15) is 0 Å². The number of hydroxylamine groups is 2. The molecular weight excluding hydrogens is 410 g/mol. The minimum atomic E-state index is -1.96. The number of aromatic nitrogens is 1. The van der Waals surface area contributed by atoms with Crippen molar-refractivity contribution in [2.24, 2.45) is 0 Å². The molecule has 1 aromatic rings. The number of carbonyl (C=O) groups excluding carboxylic acids is 2. The lowest BCUT2D eigenvalue weighted by molar-refractivity contribution is -0.196. The van der Waals surface area contributed by atoms with E-state index in [0.717, 1.165) is 11.3 Å². The van der Waals surface area contributed by atoms with Crippen molar-refractivity contribution in [3.8, 4) is 0 Å². The minimum Gasteiger partial charge on any atom is -0.463 e. The summed E-state index contributed by atoms with van der Waals surface area (Å²) in [5.74, 6) is -1.07. The van der Waals surface area contributed by atoms with Crippen LogP contribution < -0.4 is 5.32 Å². The molecule has 0 radical (unpaired) electrons. The first kappa shape index (κ1) is 24.1. The van der Waals surface area contributed by atoms with Gasteiger partial charge >= 0.3 is 24.2 Å². The number of imide groups is 1. The monoisotopic (exact) mass is 433 g/mol. The number of thiazole rings is 1. The highest BCUT2D eigenvalue weighted by Gasteiger charge is 2.36. The van der Waals surface area contributed by atoms with Gasteiger partial charge in [0, 0.05) is 5.38 Å². The molecule has 162 valence electrons. The molecule has 12 nitrogen and oxygen atoms in total. The molecule has 0 aliphatic heterocycles. The van der Waals surface area contributed by atoms with Crippen LogP contribution in [0.15, 0.2) is 5.38 Å². The van der Waals surface area contributed by atoms with Crippen molar-refractivity contribution in [3.63, 3.8) is 0 Å². The van der Waals surface area contributed by atoms with Crippen molar-refractivity contribution < 1.29 is 43.7 Å². The fourth-order valence-electron chi connectivity index (χ4n) is 1.71. The van der Waals surface area contributed by atoms with Crippen LogP contribution in [-0.4, -0.2) is 55.7 Å². The van der Waals surface area contributed by atoms with Crippen molar-refractivity contribution in [3.05, 3.63) is 11.1 Å². The van der Waals surface area contributed by atoms with E-state index in [-0.39, 0.29) is 10.8 Å². The number of hydrogen-bond acceptors (Lipinski definition) is 9. The zero-order valence-electron chi connectivity index (χ0n) is 16.7. The highest BCUT2D eigenvalue weighted by molar-refractivity contribution is 7.13. The quantitative estimate of drug-likeness (QED) is 0.462. The molecule has 0 saturated carbocycles. The van der Waals surface area contributed by atoms with E-state index in [0.29, 0.717) is 0 Å². The lowest BCUT2D eigenvalue weighted by Crippen LogP contribution is -2.39. The van der Waals surface area contributed by atoms with Gasteiger partial charge in [-0.25, -0.2) is 29.0 Å². The molecule has 1 atom stereocenters. The summed E-state index contributed by atoms with van der Waals surface area (Å²) in [4.78, 5) is 55.2. The third-order valence-electron chi connectivity index (χ3n) is 2.58. The summed E-state index contributed by atoms with van der Waals surface area (Å²) in [5, 5.41) is 21.1. The predicted molar refractivity (Wildman–Crippen MR) is 99.5 cm³/mol. The molecule has 0 aliphatic carbocycles. The van der Waals surface area contributed by atoms with Gasteiger partial charge in [-0.1, -0.05) is 5.06 Å². The molecule has 1 rings (SSSR count).